The third kappa shape index (κ3) is 4.06. The molecule has 0 saturated carbocycles. The molecule has 2 N–H and O–H groups in total. The summed E-state index contributed by atoms with van der Waals surface area (Å²) in [5, 5.41) is 6.18. The highest BCUT2D eigenvalue weighted by molar-refractivity contribution is 7.84. The van der Waals surface area contributed by atoms with E-state index in [1.807, 2.05) is 18.2 Å². The molecule has 0 radical (unpaired) electrons. The maximum atomic E-state index is 12.0. The number of anilines is 1. The fourth-order valence-electron chi connectivity index (χ4n) is 2.25. The van der Waals surface area contributed by atoms with Crippen LogP contribution >= 0.6 is 0 Å². The fraction of sp³-hybridized carbons (Fsp3) is 0.500. The molecule has 1 aliphatic rings. The number of nitrogens with one attached hydrogen (secondary N) is 2. The summed E-state index contributed by atoms with van der Waals surface area (Å²) in [4.78, 5) is 12.0. The zero-order valence-electron chi connectivity index (χ0n) is 11.1. The lowest BCUT2D eigenvalue weighted by Crippen LogP contribution is -2.42. The van der Waals surface area contributed by atoms with Gasteiger partial charge in [0.1, 0.15) is 6.04 Å². The van der Waals surface area contributed by atoms with Gasteiger partial charge in [0.2, 0.25) is 5.91 Å². The predicted octanol–water partition coefficient (Wildman–Crippen LogP) is 1.30. The Morgan fingerprint density at radius 3 is 3.05 bits per heavy atom. The van der Waals surface area contributed by atoms with Gasteiger partial charge in [-0.2, -0.15) is 0 Å². The molecule has 0 spiro atoms. The lowest BCUT2D eigenvalue weighted by molar-refractivity contribution is -0.122. The van der Waals surface area contributed by atoms with Crippen LogP contribution in [0.15, 0.2) is 24.3 Å². The second kappa shape index (κ2) is 6.70. The molecule has 19 heavy (non-hydrogen) atoms. The summed E-state index contributed by atoms with van der Waals surface area (Å²) in [7, 11) is -0.782. The number of carbonyl (C=O) groups is 1. The van der Waals surface area contributed by atoms with Gasteiger partial charge in [-0.3, -0.25) is 9.00 Å². The Labute approximate surface area is 116 Å². The summed E-state index contributed by atoms with van der Waals surface area (Å²) in [5.41, 5.74) is 2.33. The molecule has 1 aliphatic heterocycles. The van der Waals surface area contributed by atoms with Crippen molar-refractivity contribution in [2.24, 2.45) is 0 Å². The average Bonchev–Trinajstić information content (AvgIpc) is 2.42. The number of amides is 1. The number of benzene rings is 1. The van der Waals surface area contributed by atoms with Gasteiger partial charge in [0, 0.05) is 35.0 Å². The van der Waals surface area contributed by atoms with Crippen LogP contribution < -0.4 is 10.6 Å². The average molecular weight is 280 g/mol. The quantitative estimate of drug-likeness (QED) is 0.799. The van der Waals surface area contributed by atoms with Gasteiger partial charge >= 0.3 is 0 Å². The van der Waals surface area contributed by atoms with E-state index in [1.54, 1.807) is 6.26 Å². The number of carbonyl (C=O) groups excluding carboxylic acids is 1. The normalized spacial score (nSPS) is 19.1. The SMILES string of the molecule is CS(=O)CCCNC(=O)C1CCc2ccccc2N1. The lowest BCUT2D eigenvalue weighted by atomic mass is 9.98. The Morgan fingerprint density at radius 2 is 2.26 bits per heavy atom. The van der Waals surface area contributed by atoms with Gasteiger partial charge in [-0.15, -0.1) is 0 Å². The van der Waals surface area contributed by atoms with Crippen LogP contribution in [-0.4, -0.2) is 34.7 Å². The minimum Gasteiger partial charge on any atom is -0.373 e. The monoisotopic (exact) mass is 280 g/mol. The maximum Gasteiger partial charge on any atom is 0.242 e. The minimum absolute atomic E-state index is 0.0383. The first-order valence-electron chi connectivity index (χ1n) is 6.59. The number of para-hydroxylation sites is 1. The molecule has 0 fully saturated rings. The smallest absolute Gasteiger partial charge is 0.242 e. The molecule has 0 saturated heterocycles. The molecular weight excluding hydrogens is 260 g/mol. The molecule has 2 rings (SSSR count). The van der Waals surface area contributed by atoms with Crippen molar-refractivity contribution in [1.82, 2.24) is 5.32 Å². The van der Waals surface area contributed by atoms with Crippen molar-refractivity contribution in [3.63, 3.8) is 0 Å². The van der Waals surface area contributed by atoms with E-state index < -0.39 is 10.8 Å². The van der Waals surface area contributed by atoms with E-state index in [4.69, 9.17) is 0 Å². The van der Waals surface area contributed by atoms with E-state index >= 15 is 0 Å². The summed E-state index contributed by atoms with van der Waals surface area (Å²) in [6, 6.07) is 7.94. The molecule has 1 amide bonds. The van der Waals surface area contributed by atoms with Crippen LogP contribution in [0, 0.1) is 0 Å². The summed E-state index contributed by atoms with van der Waals surface area (Å²) in [6.45, 7) is 0.595. The second-order valence-electron chi connectivity index (χ2n) is 4.81. The lowest BCUT2D eigenvalue weighted by Gasteiger charge is -2.26. The first-order chi connectivity index (χ1) is 9.16. The standard InChI is InChI=1S/C14H20N2O2S/c1-19(18)10-4-9-15-14(17)13-8-7-11-5-2-3-6-12(11)16-13/h2-3,5-6,13,16H,4,7-10H2,1H3,(H,15,17). The van der Waals surface area contributed by atoms with Crippen molar-refractivity contribution in [1.29, 1.82) is 0 Å². The molecule has 1 aromatic carbocycles. The largest absolute Gasteiger partial charge is 0.373 e. The molecule has 0 aromatic heterocycles. The maximum absolute atomic E-state index is 12.0. The molecule has 1 aromatic rings. The molecule has 5 heteroatoms. The van der Waals surface area contributed by atoms with Crippen LogP contribution in [0.5, 0.6) is 0 Å². The summed E-state index contributed by atoms with van der Waals surface area (Å²) in [6.07, 6.45) is 4.20. The van der Waals surface area contributed by atoms with Crippen LogP contribution in [0.2, 0.25) is 0 Å². The van der Waals surface area contributed by atoms with Crippen molar-refractivity contribution >= 4 is 22.4 Å². The van der Waals surface area contributed by atoms with Crippen molar-refractivity contribution in [2.45, 2.75) is 25.3 Å². The number of hydrogen-bond acceptors (Lipinski definition) is 3. The van der Waals surface area contributed by atoms with Crippen molar-refractivity contribution in [3.05, 3.63) is 29.8 Å². The first kappa shape index (κ1) is 14.1. The van der Waals surface area contributed by atoms with E-state index in [0.717, 1.165) is 24.9 Å². The number of hydrogen-bond donors (Lipinski definition) is 2. The van der Waals surface area contributed by atoms with Gasteiger partial charge < -0.3 is 10.6 Å². The Hall–Kier alpha value is -1.36. The third-order valence-electron chi connectivity index (χ3n) is 3.27. The predicted molar refractivity (Wildman–Crippen MR) is 78.7 cm³/mol. The second-order valence-corrected chi connectivity index (χ2v) is 6.37. The van der Waals surface area contributed by atoms with Gasteiger partial charge in [-0.1, -0.05) is 18.2 Å². The summed E-state index contributed by atoms with van der Waals surface area (Å²) in [5.74, 6) is 0.678. The Balaban J connectivity index is 1.80. The summed E-state index contributed by atoms with van der Waals surface area (Å²) >= 11 is 0. The van der Waals surface area contributed by atoms with Crippen molar-refractivity contribution in [2.75, 3.05) is 23.9 Å². The highest BCUT2D eigenvalue weighted by Gasteiger charge is 2.22. The molecular formula is C14H20N2O2S. The van der Waals surface area contributed by atoms with Gasteiger partial charge in [0.05, 0.1) is 0 Å². The fourth-order valence-corrected chi connectivity index (χ4v) is 2.80. The molecule has 2 unspecified atom stereocenters. The van der Waals surface area contributed by atoms with E-state index in [1.165, 1.54) is 5.56 Å². The van der Waals surface area contributed by atoms with E-state index in [0.29, 0.717) is 12.3 Å². The molecule has 104 valence electrons. The third-order valence-corrected chi connectivity index (χ3v) is 4.14. The minimum atomic E-state index is -0.782. The number of rotatable bonds is 5. The molecule has 0 bridgehead atoms. The van der Waals surface area contributed by atoms with Crippen LogP contribution in [-0.2, 0) is 22.0 Å². The van der Waals surface area contributed by atoms with Gasteiger partial charge in [-0.05, 0) is 30.9 Å². The van der Waals surface area contributed by atoms with Gasteiger partial charge in [-0.25, -0.2) is 0 Å². The first-order valence-corrected chi connectivity index (χ1v) is 8.31. The van der Waals surface area contributed by atoms with Crippen LogP contribution in [0.1, 0.15) is 18.4 Å². The highest BCUT2D eigenvalue weighted by atomic mass is 32.2. The van der Waals surface area contributed by atoms with Crippen LogP contribution in [0.25, 0.3) is 0 Å². The molecule has 4 nitrogen and oxygen atoms in total. The van der Waals surface area contributed by atoms with E-state index in [-0.39, 0.29) is 11.9 Å². The molecule has 0 aliphatic carbocycles. The Morgan fingerprint density at radius 1 is 1.47 bits per heavy atom. The van der Waals surface area contributed by atoms with Crippen molar-refractivity contribution < 1.29 is 9.00 Å². The number of aryl methyl sites for hydroxylation is 1. The molecule has 2 atom stereocenters. The van der Waals surface area contributed by atoms with Gasteiger partial charge in [0.25, 0.3) is 0 Å². The highest BCUT2D eigenvalue weighted by Crippen LogP contribution is 2.24. The Kier molecular flexibility index (Phi) is 4.96. The topological polar surface area (TPSA) is 58.2 Å². The van der Waals surface area contributed by atoms with Crippen LogP contribution in [0.3, 0.4) is 0 Å². The zero-order chi connectivity index (χ0) is 13.7. The van der Waals surface area contributed by atoms with E-state index in [2.05, 4.69) is 16.7 Å². The van der Waals surface area contributed by atoms with Gasteiger partial charge in [0.15, 0.2) is 0 Å². The summed E-state index contributed by atoms with van der Waals surface area (Å²) < 4.78 is 10.9. The van der Waals surface area contributed by atoms with Crippen molar-refractivity contribution in [3.8, 4) is 0 Å². The Bertz CT molecular complexity index is 476. The number of fused-ring (bicyclic) bond motifs is 1. The van der Waals surface area contributed by atoms with Crippen LogP contribution in [0.4, 0.5) is 5.69 Å². The van der Waals surface area contributed by atoms with E-state index in [9.17, 15) is 9.00 Å². The molecule has 1 heterocycles. The zero-order valence-corrected chi connectivity index (χ0v) is 12.0.